The van der Waals surface area contributed by atoms with Crippen molar-refractivity contribution in [2.45, 2.75) is 0 Å². The minimum Gasteiger partial charge on any atom is -0.781 e. The summed E-state index contributed by atoms with van der Waals surface area (Å²) in [6.45, 7) is 0.363. The van der Waals surface area contributed by atoms with Gasteiger partial charge in [0.15, 0.2) is 0 Å². The van der Waals surface area contributed by atoms with Gasteiger partial charge in [-0.15, -0.1) is 0 Å². The monoisotopic (exact) mass is 169 g/mol. The molecule has 9 heteroatoms. The van der Waals surface area contributed by atoms with Crippen LogP contribution in [0.4, 0.5) is 12.9 Å². The second-order valence-corrected chi connectivity index (χ2v) is 3.14. The van der Waals surface area contributed by atoms with Gasteiger partial charge in [-0.3, -0.25) is 0 Å². The molecule has 0 aliphatic rings. The molecule has 0 fully saturated rings. The van der Waals surface area contributed by atoms with Crippen LogP contribution in [0.3, 0.4) is 0 Å². The number of hydrogen-bond donors (Lipinski definition) is 0. The summed E-state index contributed by atoms with van der Waals surface area (Å²) >= 11 is 0. The van der Waals surface area contributed by atoms with Gasteiger partial charge in [0, 0.05) is 0 Å². The van der Waals surface area contributed by atoms with Gasteiger partial charge in [-0.05, 0) is 6.66 Å². The molecule has 0 saturated carbocycles. The molecule has 0 rings (SSSR count). The molecule has 1 unspecified atom stereocenters. The third-order valence-electron chi connectivity index (χ3n) is 0.311. The van der Waals surface area contributed by atoms with Crippen molar-refractivity contribution in [2.24, 2.45) is 0 Å². The summed E-state index contributed by atoms with van der Waals surface area (Å²) in [5.74, 6) is 0. The normalized spacial score (nSPS) is 17.3. The minimum absolute atomic E-state index is 0. The van der Waals surface area contributed by atoms with Gasteiger partial charge in [-0.1, -0.05) is 0 Å². The first kappa shape index (κ1) is 13.2. The Morgan fingerprint density at radius 2 is 1.80 bits per heavy atom. The van der Waals surface area contributed by atoms with Gasteiger partial charge >= 0.3 is 26.0 Å². The molecule has 0 aromatic heterocycles. The summed E-state index contributed by atoms with van der Waals surface area (Å²) in [6, 6.07) is 0. The van der Waals surface area contributed by atoms with E-state index in [9.17, 15) is 22.4 Å². The molecule has 0 N–H and O–H groups in total. The molecule has 0 heterocycles. The molecule has 3 nitrogen and oxygen atoms in total. The van der Waals surface area contributed by atoms with Crippen LogP contribution in [0, 0.1) is 0 Å². The number of halogens is 3. The zero-order valence-corrected chi connectivity index (χ0v) is 6.28. The fourth-order valence-electron chi connectivity index (χ4n) is 0.217. The summed E-state index contributed by atoms with van der Waals surface area (Å²) < 4.78 is 45.5. The van der Waals surface area contributed by atoms with E-state index in [4.69, 9.17) is 0 Å². The van der Waals surface area contributed by atoms with E-state index in [0.717, 1.165) is 0 Å². The van der Waals surface area contributed by atoms with Gasteiger partial charge in [0.2, 0.25) is 0 Å². The first-order valence-electron chi connectivity index (χ1n) is 1.89. The standard InChI is InChI=1S/CH4BF3O3P.Li/c1-9(6,7)8-2(3,4)5;/h1H3,(H,6,7);/q-1;+1/p-1. The molecule has 0 aromatic rings. The van der Waals surface area contributed by atoms with Gasteiger partial charge in [0.25, 0.3) is 0 Å². The Hall–Kier alpha value is 0.602. The summed E-state index contributed by atoms with van der Waals surface area (Å²) in [7, 11) is -10.3. The zero-order valence-electron chi connectivity index (χ0n) is 5.38. The predicted octanol–water partition coefficient (Wildman–Crippen LogP) is -2.47. The molecule has 0 radical (unpaired) electrons. The third kappa shape index (κ3) is 11.4. The number of rotatable bonds is 2. The summed E-state index contributed by atoms with van der Waals surface area (Å²) in [5, 5.41) is 0. The van der Waals surface area contributed by atoms with Crippen LogP contribution in [0.15, 0.2) is 0 Å². The zero-order chi connectivity index (χ0) is 7.71. The van der Waals surface area contributed by atoms with E-state index in [2.05, 4.69) is 4.44 Å². The van der Waals surface area contributed by atoms with Crippen LogP contribution < -0.4 is 23.8 Å². The van der Waals surface area contributed by atoms with Crippen molar-refractivity contribution < 1.29 is 45.7 Å². The molecular weight excluding hydrogens is 166 g/mol. The third-order valence-corrected chi connectivity index (χ3v) is 0.933. The molecule has 0 aliphatic carbocycles. The van der Waals surface area contributed by atoms with E-state index in [1.54, 1.807) is 0 Å². The Bertz CT molecular complexity index is 141. The van der Waals surface area contributed by atoms with Crippen LogP contribution in [0.5, 0.6) is 0 Å². The average Bonchev–Trinajstić information content (AvgIpc) is 1.14. The molecule has 56 valence electrons. The Morgan fingerprint density at radius 3 is 1.80 bits per heavy atom. The van der Waals surface area contributed by atoms with E-state index in [1.807, 2.05) is 0 Å². The molecule has 1 atom stereocenters. The molecule has 0 saturated heterocycles. The predicted molar refractivity (Wildman–Crippen MR) is 23.7 cm³/mol. The Kier molecular flexibility index (Phi) is 5.07. The van der Waals surface area contributed by atoms with Crippen molar-refractivity contribution in [3.8, 4) is 0 Å². The summed E-state index contributed by atoms with van der Waals surface area (Å²) in [4.78, 5) is 9.75. The van der Waals surface area contributed by atoms with Crippen molar-refractivity contribution >= 4 is 14.8 Å². The van der Waals surface area contributed by atoms with Gasteiger partial charge in [0.1, 0.15) is 0 Å². The van der Waals surface area contributed by atoms with Crippen molar-refractivity contribution in [1.82, 2.24) is 0 Å². The van der Waals surface area contributed by atoms with Gasteiger partial charge in [-0.25, -0.2) is 0 Å². The maximum Gasteiger partial charge on any atom is 1.00 e. The van der Waals surface area contributed by atoms with Crippen molar-refractivity contribution in [1.29, 1.82) is 0 Å². The van der Waals surface area contributed by atoms with Crippen molar-refractivity contribution in [3.63, 3.8) is 0 Å². The summed E-state index contributed by atoms with van der Waals surface area (Å²) in [5.41, 5.74) is 0. The largest absolute Gasteiger partial charge is 1.00 e. The first-order chi connectivity index (χ1) is 3.71. The smallest absolute Gasteiger partial charge is 0.781 e. The van der Waals surface area contributed by atoms with Crippen molar-refractivity contribution in [2.75, 3.05) is 6.66 Å². The molecule has 0 aliphatic heterocycles. The molecule has 10 heavy (non-hydrogen) atoms. The van der Waals surface area contributed by atoms with E-state index < -0.39 is 14.8 Å². The maximum absolute atomic E-state index is 11.0. The fourth-order valence-corrected chi connectivity index (χ4v) is 0.651. The Balaban J connectivity index is 0. The van der Waals surface area contributed by atoms with Crippen LogP contribution in [0.25, 0.3) is 0 Å². The van der Waals surface area contributed by atoms with Gasteiger partial charge in [-0.2, -0.15) is 0 Å². The summed E-state index contributed by atoms with van der Waals surface area (Å²) in [6.07, 6.45) is 0. The van der Waals surface area contributed by atoms with Crippen molar-refractivity contribution in [3.05, 3.63) is 0 Å². The number of hydrogen-bond acceptors (Lipinski definition) is 3. The van der Waals surface area contributed by atoms with E-state index in [0.29, 0.717) is 6.66 Å². The van der Waals surface area contributed by atoms with E-state index >= 15 is 0 Å². The van der Waals surface area contributed by atoms with Crippen LogP contribution in [-0.2, 0) is 9.01 Å². The van der Waals surface area contributed by atoms with Crippen LogP contribution >= 0.6 is 7.60 Å². The van der Waals surface area contributed by atoms with E-state index in [-0.39, 0.29) is 18.9 Å². The quantitative estimate of drug-likeness (QED) is 0.340. The SMILES string of the molecule is CP(=O)([O-])O[B-](F)(F)F.[Li+]. The average molecular weight is 169 g/mol. The molecular formula is CH3BF3LiO3P-. The van der Waals surface area contributed by atoms with Crippen LogP contribution in [0.1, 0.15) is 0 Å². The molecule has 0 aromatic carbocycles. The Morgan fingerprint density at radius 1 is 1.50 bits per heavy atom. The van der Waals surface area contributed by atoms with Crippen LogP contribution in [0.2, 0.25) is 0 Å². The second-order valence-electron chi connectivity index (χ2n) is 1.39. The molecule has 0 spiro atoms. The van der Waals surface area contributed by atoms with Gasteiger partial charge < -0.3 is 26.8 Å². The maximum atomic E-state index is 11.0. The Labute approximate surface area is 67.7 Å². The van der Waals surface area contributed by atoms with Gasteiger partial charge in [0.05, 0.1) is 7.60 Å². The fraction of sp³-hybridized carbons (Fsp3) is 1.00. The minimum atomic E-state index is -5.67. The topological polar surface area (TPSA) is 49.4 Å². The second kappa shape index (κ2) is 3.84. The van der Waals surface area contributed by atoms with E-state index in [1.165, 1.54) is 0 Å². The van der Waals surface area contributed by atoms with Crippen LogP contribution in [-0.4, -0.2) is 13.8 Å². The first-order valence-corrected chi connectivity index (χ1v) is 3.88. The molecule has 0 bridgehead atoms. The molecule has 0 amide bonds.